The van der Waals surface area contributed by atoms with Crippen LogP contribution in [-0.4, -0.2) is 31.6 Å². The lowest BCUT2D eigenvalue weighted by Gasteiger charge is -2.20. The Balaban J connectivity index is 2.02. The average molecular weight is 308 g/mol. The van der Waals surface area contributed by atoms with Crippen LogP contribution in [0.5, 0.6) is 0 Å². The third kappa shape index (κ3) is 2.17. The van der Waals surface area contributed by atoms with E-state index < -0.39 is 5.82 Å². The topological polar surface area (TPSA) is 59.2 Å². The molecular weight excluding hydrogens is 295 g/mol. The van der Waals surface area contributed by atoms with Crippen molar-refractivity contribution in [1.82, 2.24) is 24.6 Å². The summed E-state index contributed by atoms with van der Waals surface area (Å²) in [7, 11) is 1.88. The van der Waals surface area contributed by atoms with Crippen LogP contribution in [-0.2, 0) is 0 Å². The molecule has 0 aliphatic rings. The number of aromatic nitrogens is 5. The molecule has 114 valence electrons. The summed E-state index contributed by atoms with van der Waals surface area (Å²) in [5, 5.41) is 8.44. The molecule has 7 heteroatoms. The number of anilines is 2. The van der Waals surface area contributed by atoms with Gasteiger partial charge in [0.1, 0.15) is 18.0 Å². The van der Waals surface area contributed by atoms with Crippen LogP contribution in [0.4, 0.5) is 15.9 Å². The minimum absolute atomic E-state index is 0.411. The number of rotatable bonds is 2. The van der Waals surface area contributed by atoms with Gasteiger partial charge in [0.05, 0.1) is 11.6 Å². The van der Waals surface area contributed by atoms with Crippen LogP contribution in [0, 0.1) is 12.7 Å². The lowest BCUT2D eigenvalue weighted by molar-refractivity contribution is 0.623. The lowest BCUT2D eigenvalue weighted by atomic mass is 10.2. The predicted octanol–water partition coefficient (Wildman–Crippen LogP) is 2.89. The van der Waals surface area contributed by atoms with Crippen LogP contribution in [0.1, 0.15) is 5.56 Å². The van der Waals surface area contributed by atoms with Gasteiger partial charge in [-0.25, -0.2) is 13.8 Å². The van der Waals surface area contributed by atoms with Crippen molar-refractivity contribution in [3.63, 3.8) is 0 Å². The van der Waals surface area contributed by atoms with Gasteiger partial charge >= 0.3 is 0 Å². The van der Waals surface area contributed by atoms with E-state index in [2.05, 4.69) is 20.2 Å². The smallest absolute Gasteiger partial charge is 0.258 e. The quantitative estimate of drug-likeness (QED) is 0.570. The maximum Gasteiger partial charge on any atom is 0.258 e. The number of hydrogen-bond acceptors (Lipinski definition) is 5. The maximum atomic E-state index is 13.7. The van der Waals surface area contributed by atoms with Gasteiger partial charge in [-0.05, 0) is 30.7 Å². The van der Waals surface area contributed by atoms with E-state index in [4.69, 9.17) is 0 Å². The molecule has 6 nitrogen and oxygen atoms in total. The van der Waals surface area contributed by atoms with Crippen LogP contribution in [0.15, 0.2) is 42.9 Å². The summed E-state index contributed by atoms with van der Waals surface area (Å²) in [4.78, 5) is 10.6. The molecule has 1 aromatic carbocycles. The van der Waals surface area contributed by atoms with Crippen molar-refractivity contribution in [2.75, 3.05) is 11.9 Å². The van der Waals surface area contributed by atoms with Crippen molar-refractivity contribution in [2.45, 2.75) is 6.92 Å². The van der Waals surface area contributed by atoms with E-state index in [1.807, 2.05) is 43.1 Å². The fourth-order valence-corrected chi connectivity index (χ4v) is 2.61. The summed E-state index contributed by atoms with van der Waals surface area (Å²) in [6, 6.07) is 9.43. The van der Waals surface area contributed by atoms with Gasteiger partial charge in [-0.2, -0.15) is 4.98 Å². The molecule has 0 N–H and O–H groups in total. The van der Waals surface area contributed by atoms with Gasteiger partial charge in [0, 0.05) is 12.7 Å². The minimum atomic E-state index is -0.411. The number of fused-ring (bicyclic) bond motifs is 3. The molecule has 0 unspecified atom stereocenters. The summed E-state index contributed by atoms with van der Waals surface area (Å²) < 4.78 is 15.4. The molecule has 0 saturated heterocycles. The molecule has 0 radical (unpaired) electrons. The summed E-state index contributed by atoms with van der Waals surface area (Å²) in [5.74, 6) is 0.592. The first kappa shape index (κ1) is 13.6. The van der Waals surface area contributed by atoms with Gasteiger partial charge in [-0.3, -0.25) is 0 Å². The largest absolute Gasteiger partial charge is 0.329 e. The molecule has 0 saturated carbocycles. The average Bonchev–Trinajstić information content (AvgIpc) is 3.01. The molecular formula is C16H13FN6. The lowest BCUT2D eigenvalue weighted by Crippen LogP contribution is -2.13. The number of halogens is 1. The van der Waals surface area contributed by atoms with Gasteiger partial charge in [0.25, 0.3) is 5.78 Å². The van der Waals surface area contributed by atoms with E-state index in [0.717, 1.165) is 11.3 Å². The van der Waals surface area contributed by atoms with Gasteiger partial charge in [-0.15, -0.1) is 10.2 Å². The van der Waals surface area contributed by atoms with Crippen molar-refractivity contribution >= 4 is 28.3 Å². The molecule has 0 bridgehead atoms. The fraction of sp³-hybridized carbons (Fsp3) is 0.125. The van der Waals surface area contributed by atoms with Crippen LogP contribution < -0.4 is 4.90 Å². The highest BCUT2D eigenvalue weighted by Gasteiger charge is 2.16. The van der Waals surface area contributed by atoms with E-state index >= 15 is 0 Å². The summed E-state index contributed by atoms with van der Waals surface area (Å²) in [6.45, 7) is 2.02. The van der Waals surface area contributed by atoms with Crippen molar-refractivity contribution in [1.29, 1.82) is 0 Å². The second-order valence-corrected chi connectivity index (χ2v) is 5.36. The van der Waals surface area contributed by atoms with Crippen molar-refractivity contribution in [2.24, 2.45) is 0 Å². The highest BCUT2D eigenvalue weighted by molar-refractivity contribution is 5.91. The Kier molecular flexibility index (Phi) is 2.94. The molecule has 0 aliphatic heterocycles. The summed E-state index contributed by atoms with van der Waals surface area (Å²) >= 11 is 0. The fourth-order valence-electron chi connectivity index (χ4n) is 2.61. The zero-order valence-electron chi connectivity index (χ0n) is 12.6. The van der Waals surface area contributed by atoms with Gasteiger partial charge in [0.2, 0.25) is 0 Å². The minimum Gasteiger partial charge on any atom is -0.329 e. The Morgan fingerprint density at radius 2 is 2.09 bits per heavy atom. The van der Waals surface area contributed by atoms with E-state index in [9.17, 15) is 4.39 Å². The molecule has 3 aromatic heterocycles. The van der Waals surface area contributed by atoms with Crippen LogP contribution in [0.3, 0.4) is 0 Å². The highest BCUT2D eigenvalue weighted by Crippen LogP contribution is 2.29. The number of hydrogen-bond donors (Lipinski definition) is 0. The molecule has 3 heterocycles. The number of pyridine rings is 1. The van der Waals surface area contributed by atoms with E-state index in [1.54, 1.807) is 4.40 Å². The second-order valence-electron chi connectivity index (χ2n) is 5.36. The molecule has 4 aromatic rings. The maximum absolute atomic E-state index is 13.7. The predicted molar refractivity (Wildman–Crippen MR) is 85.3 cm³/mol. The third-order valence-electron chi connectivity index (χ3n) is 3.74. The molecule has 23 heavy (non-hydrogen) atoms. The Hall–Kier alpha value is -3.09. The third-order valence-corrected chi connectivity index (χ3v) is 3.74. The molecule has 0 amide bonds. The first-order valence-corrected chi connectivity index (χ1v) is 7.09. The monoisotopic (exact) mass is 308 g/mol. The van der Waals surface area contributed by atoms with E-state index in [0.29, 0.717) is 22.6 Å². The highest BCUT2D eigenvalue weighted by atomic mass is 19.1. The van der Waals surface area contributed by atoms with Gasteiger partial charge in [0.15, 0.2) is 5.65 Å². The number of benzene rings is 1. The van der Waals surface area contributed by atoms with Crippen LogP contribution >= 0.6 is 0 Å². The molecule has 0 spiro atoms. The van der Waals surface area contributed by atoms with Crippen molar-refractivity contribution in [3.05, 3.63) is 54.2 Å². The van der Waals surface area contributed by atoms with Gasteiger partial charge in [-0.1, -0.05) is 12.1 Å². The number of nitrogens with zero attached hydrogens (tertiary/aromatic N) is 6. The van der Waals surface area contributed by atoms with Crippen LogP contribution in [0.2, 0.25) is 0 Å². The van der Waals surface area contributed by atoms with E-state index in [1.165, 1.54) is 18.6 Å². The van der Waals surface area contributed by atoms with Crippen LogP contribution in [0.25, 0.3) is 16.8 Å². The normalized spacial score (nSPS) is 11.3. The Morgan fingerprint density at radius 3 is 2.91 bits per heavy atom. The Labute approximate surface area is 131 Å². The first-order valence-electron chi connectivity index (χ1n) is 7.09. The summed E-state index contributed by atoms with van der Waals surface area (Å²) in [6.07, 6.45) is 2.70. The zero-order valence-corrected chi connectivity index (χ0v) is 12.6. The zero-order chi connectivity index (χ0) is 16.0. The Bertz CT molecular complexity index is 1030. The molecule has 0 fully saturated rings. The first-order chi connectivity index (χ1) is 11.1. The molecule has 0 atom stereocenters. The summed E-state index contributed by atoms with van der Waals surface area (Å²) in [5.41, 5.74) is 2.65. The van der Waals surface area contributed by atoms with Crippen molar-refractivity contribution in [3.8, 4) is 0 Å². The molecule has 0 aliphatic carbocycles. The number of aryl methyl sites for hydroxylation is 1. The van der Waals surface area contributed by atoms with Gasteiger partial charge < -0.3 is 4.90 Å². The van der Waals surface area contributed by atoms with Crippen molar-refractivity contribution < 1.29 is 4.39 Å². The standard InChI is InChI=1S/C16H13FN6/c1-10-4-3-5-12(6-10)22(2)15-13-7-11(17)8-18-14(13)23-9-19-21-16(23)20-15/h3-9H,1-2H3. The molecule has 4 rings (SSSR count). The van der Waals surface area contributed by atoms with E-state index in [-0.39, 0.29) is 0 Å². The Morgan fingerprint density at radius 1 is 1.22 bits per heavy atom. The SMILES string of the molecule is Cc1cccc(N(C)c2nc3nncn3c3ncc(F)cc23)c1. The second kappa shape index (κ2) is 4.98.